The minimum Gasteiger partial charge on any atom is -0.373 e. The molecule has 2 heteroatoms. The smallest absolute Gasteiger partial charge is 0.0678 e. The molecule has 0 bridgehead atoms. The summed E-state index contributed by atoms with van der Waals surface area (Å²) in [7, 11) is 0. The molecule has 0 spiro atoms. The molecule has 0 aliphatic carbocycles. The van der Waals surface area contributed by atoms with Crippen molar-refractivity contribution in [2.75, 3.05) is 19.6 Å². The topological polar surface area (TPSA) is 12.5 Å². The largest absolute Gasteiger partial charge is 0.373 e. The fraction of sp³-hybridized carbons (Fsp3) is 1.00. The molecular weight excluding hydrogens is 150 g/mol. The van der Waals surface area contributed by atoms with Gasteiger partial charge in [0.15, 0.2) is 0 Å². The molecule has 1 heterocycles. The van der Waals surface area contributed by atoms with E-state index in [4.69, 9.17) is 4.74 Å². The van der Waals surface area contributed by atoms with E-state index in [0.717, 1.165) is 19.0 Å². The van der Waals surface area contributed by atoms with E-state index in [9.17, 15) is 0 Å². The molecule has 0 aromatic carbocycles. The van der Waals surface area contributed by atoms with Crippen LogP contribution in [0.3, 0.4) is 0 Å². The summed E-state index contributed by atoms with van der Waals surface area (Å²) in [5.74, 6) is 0.766. The number of nitrogens with zero attached hydrogens (tertiary/aromatic N) is 1. The van der Waals surface area contributed by atoms with E-state index in [1.54, 1.807) is 0 Å². The third-order valence-corrected chi connectivity index (χ3v) is 2.12. The van der Waals surface area contributed by atoms with Crippen molar-refractivity contribution < 1.29 is 4.74 Å². The van der Waals surface area contributed by atoms with Gasteiger partial charge in [0.1, 0.15) is 0 Å². The molecule has 0 N–H and O–H groups in total. The zero-order valence-corrected chi connectivity index (χ0v) is 8.71. The second kappa shape index (κ2) is 4.24. The highest BCUT2D eigenvalue weighted by Gasteiger charge is 2.21. The molecule has 12 heavy (non-hydrogen) atoms. The van der Waals surface area contributed by atoms with Crippen molar-refractivity contribution in [2.24, 2.45) is 5.92 Å². The average molecular weight is 171 g/mol. The molecule has 0 aromatic rings. The molecule has 1 rings (SSSR count). The third-order valence-electron chi connectivity index (χ3n) is 2.12. The summed E-state index contributed by atoms with van der Waals surface area (Å²) in [4.78, 5) is 2.50. The summed E-state index contributed by atoms with van der Waals surface area (Å²) in [6.45, 7) is 12.3. The summed E-state index contributed by atoms with van der Waals surface area (Å²) in [5, 5.41) is 0. The standard InChI is InChI=1S/C10H21NO/c1-8(2)5-11-6-9(3)12-10(4)7-11/h8-10H,5-7H2,1-4H3/t9-,10-/m0/s1. The van der Waals surface area contributed by atoms with Gasteiger partial charge in [-0.05, 0) is 19.8 Å². The molecule has 1 saturated heterocycles. The summed E-state index contributed by atoms with van der Waals surface area (Å²) >= 11 is 0. The fourth-order valence-corrected chi connectivity index (χ4v) is 1.95. The maximum Gasteiger partial charge on any atom is 0.0678 e. The van der Waals surface area contributed by atoms with Gasteiger partial charge in [-0.1, -0.05) is 13.8 Å². The van der Waals surface area contributed by atoms with Gasteiger partial charge >= 0.3 is 0 Å². The first-order valence-corrected chi connectivity index (χ1v) is 4.95. The lowest BCUT2D eigenvalue weighted by Crippen LogP contribution is -2.46. The SMILES string of the molecule is CC(C)CN1C[C@H](C)O[C@@H](C)C1. The molecule has 2 nitrogen and oxygen atoms in total. The fourth-order valence-electron chi connectivity index (χ4n) is 1.95. The van der Waals surface area contributed by atoms with E-state index in [-0.39, 0.29) is 0 Å². The minimum absolute atomic E-state index is 0.410. The van der Waals surface area contributed by atoms with Crippen molar-refractivity contribution in [3.63, 3.8) is 0 Å². The Morgan fingerprint density at radius 3 is 2.17 bits per heavy atom. The van der Waals surface area contributed by atoms with Gasteiger partial charge in [0.05, 0.1) is 12.2 Å². The second-order valence-corrected chi connectivity index (χ2v) is 4.37. The first-order valence-electron chi connectivity index (χ1n) is 4.95. The average Bonchev–Trinajstić information content (AvgIpc) is 1.81. The highest BCUT2D eigenvalue weighted by Crippen LogP contribution is 2.11. The first-order chi connectivity index (χ1) is 5.58. The van der Waals surface area contributed by atoms with E-state index in [1.807, 2.05) is 0 Å². The number of hydrogen-bond acceptors (Lipinski definition) is 2. The molecular formula is C10H21NO. The van der Waals surface area contributed by atoms with Crippen molar-refractivity contribution >= 4 is 0 Å². The van der Waals surface area contributed by atoms with Gasteiger partial charge < -0.3 is 4.74 Å². The number of rotatable bonds is 2. The summed E-state index contributed by atoms with van der Waals surface area (Å²) in [6, 6.07) is 0. The minimum atomic E-state index is 0.410. The summed E-state index contributed by atoms with van der Waals surface area (Å²) in [6.07, 6.45) is 0.819. The first kappa shape index (κ1) is 10.0. The molecule has 2 atom stereocenters. The molecule has 1 aliphatic rings. The van der Waals surface area contributed by atoms with Gasteiger partial charge in [-0.3, -0.25) is 4.90 Å². The lowest BCUT2D eigenvalue weighted by Gasteiger charge is -2.36. The van der Waals surface area contributed by atoms with Gasteiger partial charge in [0.25, 0.3) is 0 Å². The van der Waals surface area contributed by atoms with E-state index < -0.39 is 0 Å². The Kier molecular flexibility index (Phi) is 3.53. The molecule has 0 radical (unpaired) electrons. The molecule has 1 aliphatic heterocycles. The monoisotopic (exact) mass is 171 g/mol. The van der Waals surface area contributed by atoms with Crippen molar-refractivity contribution in [3.8, 4) is 0 Å². The van der Waals surface area contributed by atoms with Gasteiger partial charge in [-0.2, -0.15) is 0 Å². The number of morpholine rings is 1. The zero-order chi connectivity index (χ0) is 9.14. The summed E-state index contributed by atoms with van der Waals surface area (Å²) < 4.78 is 5.66. The van der Waals surface area contributed by atoms with E-state index in [2.05, 4.69) is 32.6 Å². The predicted octanol–water partition coefficient (Wildman–Crippen LogP) is 1.75. The highest BCUT2D eigenvalue weighted by atomic mass is 16.5. The molecule has 0 saturated carbocycles. The van der Waals surface area contributed by atoms with Crippen LogP contribution in [0.25, 0.3) is 0 Å². The Morgan fingerprint density at radius 2 is 1.75 bits per heavy atom. The van der Waals surface area contributed by atoms with Crippen LogP contribution in [0.1, 0.15) is 27.7 Å². The number of hydrogen-bond donors (Lipinski definition) is 0. The lowest BCUT2D eigenvalue weighted by atomic mass is 10.1. The summed E-state index contributed by atoms with van der Waals surface area (Å²) in [5.41, 5.74) is 0. The maximum atomic E-state index is 5.66. The van der Waals surface area contributed by atoms with Crippen LogP contribution in [0.15, 0.2) is 0 Å². The van der Waals surface area contributed by atoms with Gasteiger partial charge in [0, 0.05) is 19.6 Å². The lowest BCUT2D eigenvalue weighted by molar-refractivity contribution is -0.0704. The maximum absolute atomic E-state index is 5.66. The zero-order valence-electron chi connectivity index (χ0n) is 8.71. The van der Waals surface area contributed by atoms with Gasteiger partial charge in [-0.15, -0.1) is 0 Å². The molecule has 1 fully saturated rings. The van der Waals surface area contributed by atoms with Crippen molar-refractivity contribution in [3.05, 3.63) is 0 Å². The number of ether oxygens (including phenoxy) is 1. The van der Waals surface area contributed by atoms with Crippen LogP contribution in [0.2, 0.25) is 0 Å². The normalized spacial score (nSPS) is 32.8. The van der Waals surface area contributed by atoms with E-state index in [1.165, 1.54) is 6.54 Å². The van der Waals surface area contributed by atoms with Gasteiger partial charge in [0.2, 0.25) is 0 Å². The molecule has 0 aromatic heterocycles. The van der Waals surface area contributed by atoms with Crippen LogP contribution >= 0.6 is 0 Å². The van der Waals surface area contributed by atoms with Crippen LogP contribution in [-0.2, 0) is 4.74 Å². The van der Waals surface area contributed by atoms with Crippen LogP contribution in [0.5, 0.6) is 0 Å². The Morgan fingerprint density at radius 1 is 1.25 bits per heavy atom. The Labute approximate surface area is 75.9 Å². The second-order valence-electron chi connectivity index (χ2n) is 4.37. The van der Waals surface area contributed by atoms with Crippen molar-refractivity contribution in [2.45, 2.75) is 39.9 Å². The molecule has 0 unspecified atom stereocenters. The Balaban J connectivity index is 2.34. The predicted molar refractivity (Wildman–Crippen MR) is 51.3 cm³/mol. The Bertz CT molecular complexity index is 123. The van der Waals surface area contributed by atoms with Crippen molar-refractivity contribution in [1.29, 1.82) is 0 Å². The van der Waals surface area contributed by atoms with Crippen LogP contribution in [-0.4, -0.2) is 36.7 Å². The van der Waals surface area contributed by atoms with Gasteiger partial charge in [-0.25, -0.2) is 0 Å². The highest BCUT2D eigenvalue weighted by molar-refractivity contribution is 4.73. The third kappa shape index (κ3) is 3.11. The molecule has 0 amide bonds. The van der Waals surface area contributed by atoms with Crippen molar-refractivity contribution in [1.82, 2.24) is 4.90 Å². The quantitative estimate of drug-likeness (QED) is 0.627. The van der Waals surface area contributed by atoms with E-state index >= 15 is 0 Å². The Hall–Kier alpha value is -0.0800. The van der Waals surface area contributed by atoms with Crippen LogP contribution in [0, 0.1) is 5.92 Å². The van der Waals surface area contributed by atoms with Crippen LogP contribution < -0.4 is 0 Å². The van der Waals surface area contributed by atoms with Crippen LogP contribution in [0.4, 0.5) is 0 Å². The molecule has 72 valence electrons. The van der Waals surface area contributed by atoms with E-state index in [0.29, 0.717) is 12.2 Å².